The lowest BCUT2D eigenvalue weighted by Gasteiger charge is -2.24. The number of carbonyl (C=O) groups excluding carboxylic acids is 1. The molecule has 0 fully saturated rings. The van der Waals surface area contributed by atoms with Crippen molar-refractivity contribution in [1.29, 1.82) is 0 Å². The highest BCUT2D eigenvalue weighted by molar-refractivity contribution is 8.00. The van der Waals surface area contributed by atoms with E-state index in [0.29, 0.717) is 13.1 Å². The van der Waals surface area contributed by atoms with Crippen LogP contribution < -0.4 is 0 Å². The van der Waals surface area contributed by atoms with Gasteiger partial charge in [0.15, 0.2) is 5.16 Å². The van der Waals surface area contributed by atoms with Gasteiger partial charge >= 0.3 is 0 Å². The minimum Gasteiger partial charge on any atom is -0.338 e. The monoisotopic (exact) mass is 373 g/mol. The third-order valence-corrected chi connectivity index (χ3v) is 5.78. The van der Waals surface area contributed by atoms with Crippen LogP contribution in [0.25, 0.3) is 0 Å². The number of benzene rings is 1. The lowest BCUT2D eigenvalue weighted by molar-refractivity contribution is -0.130. The van der Waals surface area contributed by atoms with Crippen LogP contribution in [0.1, 0.15) is 50.6 Å². The molecule has 0 radical (unpaired) electrons. The van der Waals surface area contributed by atoms with Gasteiger partial charge in [-0.1, -0.05) is 55.4 Å². The first-order valence-corrected chi connectivity index (χ1v) is 10.4. The Labute approximate surface area is 162 Å². The number of amides is 1. The molecule has 142 valence electrons. The summed E-state index contributed by atoms with van der Waals surface area (Å²) in [6, 6.07) is 10.2. The Bertz CT molecular complexity index is 712. The van der Waals surface area contributed by atoms with Crippen molar-refractivity contribution in [2.24, 2.45) is 0 Å². The SMILES string of the molecule is CCCCn1c(SC(C)C(=O)N(CC)Cc2ccccc2)nc(C)c1C. The van der Waals surface area contributed by atoms with Crippen molar-refractivity contribution < 1.29 is 4.79 Å². The molecule has 1 unspecified atom stereocenters. The van der Waals surface area contributed by atoms with E-state index in [1.807, 2.05) is 43.9 Å². The minimum absolute atomic E-state index is 0.153. The molecule has 1 heterocycles. The summed E-state index contributed by atoms with van der Waals surface area (Å²) in [5, 5.41) is 0.810. The second-order valence-corrected chi connectivity index (χ2v) is 7.98. The Balaban J connectivity index is 2.09. The summed E-state index contributed by atoms with van der Waals surface area (Å²) >= 11 is 1.58. The van der Waals surface area contributed by atoms with E-state index < -0.39 is 0 Å². The summed E-state index contributed by atoms with van der Waals surface area (Å²) in [7, 11) is 0. The van der Waals surface area contributed by atoms with E-state index in [1.165, 1.54) is 5.69 Å². The van der Waals surface area contributed by atoms with Gasteiger partial charge in [0.05, 0.1) is 10.9 Å². The normalized spacial score (nSPS) is 12.2. The van der Waals surface area contributed by atoms with Crippen molar-refractivity contribution in [3.63, 3.8) is 0 Å². The van der Waals surface area contributed by atoms with Crippen LogP contribution >= 0.6 is 11.8 Å². The number of imidazole rings is 1. The average Bonchev–Trinajstić information content (AvgIpc) is 2.91. The molecule has 1 aromatic heterocycles. The van der Waals surface area contributed by atoms with E-state index in [0.717, 1.165) is 35.8 Å². The van der Waals surface area contributed by atoms with E-state index in [4.69, 9.17) is 4.98 Å². The molecular formula is C21H31N3OS. The van der Waals surface area contributed by atoms with E-state index in [1.54, 1.807) is 11.8 Å². The van der Waals surface area contributed by atoms with Gasteiger partial charge in [-0.25, -0.2) is 4.98 Å². The smallest absolute Gasteiger partial charge is 0.236 e. The van der Waals surface area contributed by atoms with Gasteiger partial charge in [0.2, 0.25) is 5.91 Å². The molecule has 5 heteroatoms. The molecule has 0 N–H and O–H groups in total. The van der Waals surface area contributed by atoms with Gasteiger partial charge in [-0.3, -0.25) is 4.79 Å². The highest BCUT2D eigenvalue weighted by Gasteiger charge is 2.23. The summed E-state index contributed by atoms with van der Waals surface area (Å²) in [6.07, 6.45) is 2.28. The minimum atomic E-state index is -0.153. The van der Waals surface area contributed by atoms with Crippen molar-refractivity contribution in [3.8, 4) is 0 Å². The number of nitrogens with zero attached hydrogens (tertiary/aromatic N) is 3. The molecule has 2 aromatic rings. The Morgan fingerprint density at radius 3 is 2.54 bits per heavy atom. The van der Waals surface area contributed by atoms with Crippen molar-refractivity contribution in [3.05, 3.63) is 47.3 Å². The number of thioether (sulfide) groups is 1. The predicted molar refractivity (Wildman–Crippen MR) is 109 cm³/mol. The summed E-state index contributed by atoms with van der Waals surface area (Å²) in [6.45, 7) is 12.7. The fourth-order valence-corrected chi connectivity index (χ4v) is 4.02. The summed E-state index contributed by atoms with van der Waals surface area (Å²) in [5.41, 5.74) is 3.42. The fraction of sp³-hybridized carbons (Fsp3) is 0.524. The molecule has 0 aliphatic heterocycles. The number of rotatable bonds is 9. The lowest BCUT2D eigenvalue weighted by atomic mass is 10.2. The Kier molecular flexibility index (Phi) is 7.76. The molecule has 0 aliphatic rings. The number of aromatic nitrogens is 2. The number of carbonyl (C=O) groups is 1. The molecule has 4 nitrogen and oxygen atoms in total. The fourth-order valence-electron chi connectivity index (χ4n) is 2.91. The molecule has 0 saturated carbocycles. The van der Waals surface area contributed by atoms with Crippen LogP contribution in [0.15, 0.2) is 35.5 Å². The number of unbranched alkanes of at least 4 members (excludes halogenated alkanes) is 1. The van der Waals surface area contributed by atoms with E-state index in [-0.39, 0.29) is 11.2 Å². The molecule has 26 heavy (non-hydrogen) atoms. The molecule has 2 rings (SSSR count). The van der Waals surface area contributed by atoms with E-state index in [9.17, 15) is 4.79 Å². The zero-order valence-corrected chi connectivity index (χ0v) is 17.5. The van der Waals surface area contributed by atoms with Crippen LogP contribution in [0.2, 0.25) is 0 Å². The second-order valence-electron chi connectivity index (χ2n) is 6.67. The molecule has 0 bridgehead atoms. The van der Waals surface area contributed by atoms with Gasteiger partial charge in [0, 0.05) is 25.3 Å². The summed E-state index contributed by atoms with van der Waals surface area (Å²) in [5.74, 6) is 0.168. The quantitative estimate of drug-likeness (QED) is 0.591. The van der Waals surface area contributed by atoms with Crippen molar-refractivity contribution in [2.45, 2.75) is 71.0 Å². The molecule has 0 aliphatic carbocycles. The van der Waals surface area contributed by atoms with Crippen molar-refractivity contribution >= 4 is 17.7 Å². The Morgan fingerprint density at radius 1 is 1.23 bits per heavy atom. The topological polar surface area (TPSA) is 38.1 Å². The molecule has 1 amide bonds. The largest absolute Gasteiger partial charge is 0.338 e. The van der Waals surface area contributed by atoms with Crippen LogP contribution in [-0.4, -0.2) is 32.2 Å². The third kappa shape index (κ3) is 5.13. The van der Waals surface area contributed by atoms with Crippen molar-refractivity contribution in [2.75, 3.05) is 6.54 Å². The summed E-state index contributed by atoms with van der Waals surface area (Å²) < 4.78 is 2.26. The van der Waals surface area contributed by atoms with Crippen LogP contribution in [0.4, 0.5) is 0 Å². The van der Waals surface area contributed by atoms with E-state index >= 15 is 0 Å². The maximum atomic E-state index is 13.0. The maximum absolute atomic E-state index is 13.0. The number of hydrogen-bond acceptors (Lipinski definition) is 3. The van der Waals surface area contributed by atoms with Gasteiger partial charge < -0.3 is 9.47 Å². The first kappa shape index (κ1) is 20.6. The van der Waals surface area contributed by atoms with Crippen molar-refractivity contribution in [1.82, 2.24) is 14.5 Å². The standard InChI is InChI=1S/C21H31N3OS/c1-6-8-14-24-17(4)16(3)22-21(24)26-18(5)20(25)23(7-2)15-19-12-10-9-11-13-19/h9-13,18H,6-8,14-15H2,1-5H3. The number of hydrogen-bond donors (Lipinski definition) is 0. The first-order valence-electron chi connectivity index (χ1n) is 9.51. The van der Waals surface area contributed by atoms with Crippen LogP contribution in [0.3, 0.4) is 0 Å². The highest BCUT2D eigenvalue weighted by Crippen LogP contribution is 2.27. The highest BCUT2D eigenvalue weighted by atomic mass is 32.2. The summed E-state index contributed by atoms with van der Waals surface area (Å²) in [4.78, 5) is 19.6. The number of aryl methyl sites for hydroxylation is 1. The predicted octanol–water partition coefficient (Wildman–Crippen LogP) is 4.83. The molecule has 0 spiro atoms. The third-order valence-electron chi connectivity index (χ3n) is 4.70. The van der Waals surface area contributed by atoms with Crippen LogP contribution in [0, 0.1) is 13.8 Å². The second kappa shape index (κ2) is 9.81. The van der Waals surface area contributed by atoms with Gasteiger partial charge in [0.1, 0.15) is 0 Å². The van der Waals surface area contributed by atoms with Gasteiger partial charge in [-0.05, 0) is 39.7 Å². The lowest BCUT2D eigenvalue weighted by Crippen LogP contribution is -2.36. The van der Waals surface area contributed by atoms with Gasteiger partial charge in [0.25, 0.3) is 0 Å². The Morgan fingerprint density at radius 2 is 1.92 bits per heavy atom. The van der Waals surface area contributed by atoms with Crippen LogP contribution in [0.5, 0.6) is 0 Å². The Hall–Kier alpha value is -1.75. The zero-order valence-electron chi connectivity index (χ0n) is 16.7. The maximum Gasteiger partial charge on any atom is 0.236 e. The molecule has 1 atom stereocenters. The van der Waals surface area contributed by atoms with Gasteiger partial charge in [-0.15, -0.1) is 0 Å². The van der Waals surface area contributed by atoms with Crippen LogP contribution in [-0.2, 0) is 17.9 Å². The molecular weight excluding hydrogens is 342 g/mol. The van der Waals surface area contributed by atoms with E-state index in [2.05, 4.69) is 30.5 Å². The molecule has 0 saturated heterocycles. The first-order chi connectivity index (χ1) is 12.5. The molecule has 1 aromatic carbocycles. The van der Waals surface area contributed by atoms with Gasteiger partial charge in [-0.2, -0.15) is 0 Å². The average molecular weight is 374 g/mol. The zero-order chi connectivity index (χ0) is 19.1.